The molecule has 1 fully saturated rings. The second kappa shape index (κ2) is 6.28. The molecule has 0 N–H and O–H groups in total. The van der Waals surface area contributed by atoms with Gasteiger partial charge in [0.25, 0.3) is 5.91 Å². The molecular formula is C18H19NO4S. The average Bonchev–Trinajstić information content (AvgIpc) is 2.89. The molecule has 0 spiro atoms. The Labute approximate surface area is 141 Å². The Morgan fingerprint density at radius 2 is 1.67 bits per heavy atom. The van der Waals surface area contributed by atoms with Gasteiger partial charge in [0.1, 0.15) is 5.75 Å². The zero-order valence-electron chi connectivity index (χ0n) is 13.6. The van der Waals surface area contributed by atoms with Crippen LogP contribution in [0.3, 0.4) is 0 Å². The van der Waals surface area contributed by atoms with Crippen molar-refractivity contribution in [2.45, 2.75) is 24.3 Å². The van der Waals surface area contributed by atoms with Crippen LogP contribution in [-0.2, 0) is 14.6 Å². The molecule has 0 bridgehead atoms. The van der Waals surface area contributed by atoms with Crippen LogP contribution in [0.5, 0.6) is 5.75 Å². The highest BCUT2D eigenvalue weighted by Crippen LogP contribution is 2.25. The van der Waals surface area contributed by atoms with E-state index in [1.165, 1.54) is 12.1 Å². The molecule has 126 valence electrons. The van der Waals surface area contributed by atoms with Gasteiger partial charge in [-0.2, -0.15) is 0 Å². The van der Waals surface area contributed by atoms with E-state index >= 15 is 0 Å². The predicted molar refractivity (Wildman–Crippen MR) is 92.1 cm³/mol. The summed E-state index contributed by atoms with van der Waals surface area (Å²) in [6.45, 7) is 2.61. The topological polar surface area (TPSA) is 63.7 Å². The van der Waals surface area contributed by atoms with Crippen LogP contribution in [0.4, 0.5) is 5.69 Å². The summed E-state index contributed by atoms with van der Waals surface area (Å²) in [6, 6.07) is 13.9. The number of nitrogens with zero attached hydrogens (tertiary/aromatic N) is 1. The standard InChI is InChI=1S/C18H19NO4S/c1-13-3-5-14(6-4-13)19-12-11-17(18(19)20)23-15-7-9-16(10-8-15)24(2,21)22/h3-10,17H,11-12H2,1-2H3. The zero-order chi connectivity index (χ0) is 17.3. The summed E-state index contributed by atoms with van der Waals surface area (Å²) in [6.07, 6.45) is 1.21. The van der Waals surface area contributed by atoms with E-state index in [2.05, 4.69) is 0 Å². The number of hydrogen-bond donors (Lipinski definition) is 0. The average molecular weight is 345 g/mol. The van der Waals surface area contributed by atoms with Gasteiger partial charge in [-0.3, -0.25) is 4.79 Å². The summed E-state index contributed by atoms with van der Waals surface area (Å²) in [5, 5.41) is 0. The van der Waals surface area contributed by atoms with Gasteiger partial charge < -0.3 is 9.64 Å². The second-order valence-corrected chi connectivity index (χ2v) is 7.98. The minimum atomic E-state index is -3.24. The summed E-state index contributed by atoms with van der Waals surface area (Å²) < 4.78 is 28.7. The third kappa shape index (κ3) is 3.43. The predicted octanol–water partition coefficient (Wildman–Crippen LogP) is 2.58. The number of carbonyl (C=O) groups excluding carboxylic acids is 1. The molecule has 1 aliphatic heterocycles. The van der Waals surface area contributed by atoms with Gasteiger partial charge in [0.2, 0.25) is 0 Å². The fraction of sp³-hybridized carbons (Fsp3) is 0.278. The van der Waals surface area contributed by atoms with Gasteiger partial charge in [-0.25, -0.2) is 8.42 Å². The Morgan fingerprint density at radius 3 is 2.25 bits per heavy atom. The van der Waals surface area contributed by atoms with E-state index in [-0.39, 0.29) is 10.8 Å². The van der Waals surface area contributed by atoms with Crippen molar-refractivity contribution < 1.29 is 17.9 Å². The maximum Gasteiger partial charge on any atom is 0.268 e. The van der Waals surface area contributed by atoms with Crippen LogP contribution in [0.15, 0.2) is 53.4 Å². The molecule has 0 saturated carbocycles. The van der Waals surface area contributed by atoms with Crippen molar-refractivity contribution in [3.05, 3.63) is 54.1 Å². The molecule has 0 aromatic heterocycles. The summed E-state index contributed by atoms with van der Waals surface area (Å²) >= 11 is 0. The highest BCUT2D eigenvalue weighted by Gasteiger charge is 2.34. The van der Waals surface area contributed by atoms with Gasteiger partial charge in [-0.15, -0.1) is 0 Å². The Kier molecular flexibility index (Phi) is 4.32. The molecule has 6 heteroatoms. The SMILES string of the molecule is Cc1ccc(N2CCC(Oc3ccc(S(C)(=O)=O)cc3)C2=O)cc1. The third-order valence-electron chi connectivity index (χ3n) is 4.03. The first-order chi connectivity index (χ1) is 11.3. The molecule has 1 heterocycles. The van der Waals surface area contributed by atoms with Crippen molar-refractivity contribution >= 4 is 21.4 Å². The first-order valence-corrected chi connectivity index (χ1v) is 9.58. The van der Waals surface area contributed by atoms with E-state index in [1.807, 2.05) is 31.2 Å². The Bertz CT molecular complexity index is 842. The van der Waals surface area contributed by atoms with E-state index in [9.17, 15) is 13.2 Å². The molecule has 2 aromatic carbocycles. The first kappa shape index (κ1) is 16.5. The van der Waals surface area contributed by atoms with Gasteiger partial charge >= 0.3 is 0 Å². The van der Waals surface area contributed by atoms with Crippen molar-refractivity contribution in [1.29, 1.82) is 0 Å². The van der Waals surface area contributed by atoms with Crippen LogP contribution in [0.25, 0.3) is 0 Å². The molecular weight excluding hydrogens is 326 g/mol. The molecule has 5 nitrogen and oxygen atoms in total. The van der Waals surface area contributed by atoms with Gasteiger partial charge in [0.15, 0.2) is 15.9 Å². The number of carbonyl (C=O) groups is 1. The number of aryl methyl sites for hydroxylation is 1. The number of rotatable bonds is 4. The van der Waals surface area contributed by atoms with Gasteiger partial charge in [0.05, 0.1) is 4.90 Å². The lowest BCUT2D eigenvalue weighted by Crippen LogP contribution is -2.32. The van der Waals surface area contributed by atoms with Crippen molar-refractivity contribution in [3.63, 3.8) is 0 Å². The molecule has 1 unspecified atom stereocenters. The van der Waals surface area contributed by atoms with Crippen LogP contribution in [0.1, 0.15) is 12.0 Å². The van der Waals surface area contributed by atoms with E-state index in [0.717, 1.165) is 17.5 Å². The van der Waals surface area contributed by atoms with E-state index in [0.29, 0.717) is 18.7 Å². The van der Waals surface area contributed by atoms with Crippen LogP contribution in [-0.4, -0.2) is 33.2 Å². The minimum Gasteiger partial charge on any atom is -0.481 e. The minimum absolute atomic E-state index is 0.0777. The van der Waals surface area contributed by atoms with E-state index in [4.69, 9.17) is 4.74 Å². The lowest BCUT2D eigenvalue weighted by Gasteiger charge is -2.17. The van der Waals surface area contributed by atoms with Crippen molar-refractivity contribution in [3.8, 4) is 5.75 Å². The quantitative estimate of drug-likeness (QED) is 0.854. The maximum absolute atomic E-state index is 12.5. The van der Waals surface area contributed by atoms with Crippen molar-refractivity contribution in [2.75, 3.05) is 17.7 Å². The largest absolute Gasteiger partial charge is 0.481 e. The van der Waals surface area contributed by atoms with Gasteiger partial charge in [-0.05, 0) is 43.3 Å². The molecule has 1 atom stereocenters. The fourth-order valence-electron chi connectivity index (χ4n) is 2.67. The highest BCUT2D eigenvalue weighted by atomic mass is 32.2. The summed E-state index contributed by atoms with van der Waals surface area (Å²) in [7, 11) is -3.24. The van der Waals surface area contributed by atoms with Crippen LogP contribution in [0.2, 0.25) is 0 Å². The number of benzene rings is 2. The number of anilines is 1. The monoisotopic (exact) mass is 345 g/mol. The van der Waals surface area contributed by atoms with Gasteiger partial charge in [0, 0.05) is 24.9 Å². The van der Waals surface area contributed by atoms with Crippen molar-refractivity contribution in [1.82, 2.24) is 0 Å². The summed E-state index contributed by atoms with van der Waals surface area (Å²) in [5.41, 5.74) is 2.01. The normalized spacial score (nSPS) is 18.0. The Morgan fingerprint density at radius 1 is 1.04 bits per heavy atom. The second-order valence-electron chi connectivity index (χ2n) is 5.96. The van der Waals surface area contributed by atoms with Crippen LogP contribution >= 0.6 is 0 Å². The van der Waals surface area contributed by atoms with Crippen LogP contribution in [0, 0.1) is 6.92 Å². The molecule has 0 aliphatic carbocycles. The van der Waals surface area contributed by atoms with E-state index < -0.39 is 15.9 Å². The van der Waals surface area contributed by atoms with Crippen LogP contribution < -0.4 is 9.64 Å². The number of sulfone groups is 1. The first-order valence-electron chi connectivity index (χ1n) is 7.69. The highest BCUT2D eigenvalue weighted by molar-refractivity contribution is 7.90. The van der Waals surface area contributed by atoms with Gasteiger partial charge in [-0.1, -0.05) is 17.7 Å². The molecule has 24 heavy (non-hydrogen) atoms. The molecule has 1 amide bonds. The lowest BCUT2D eigenvalue weighted by atomic mass is 10.2. The molecule has 0 radical (unpaired) electrons. The number of ether oxygens (including phenoxy) is 1. The Balaban J connectivity index is 1.71. The summed E-state index contributed by atoms with van der Waals surface area (Å²) in [4.78, 5) is 14.5. The number of amides is 1. The molecule has 3 rings (SSSR count). The number of hydrogen-bond acceptors (Lipinski definition) is 4. The smallest absolute Gasteiger partial charge is 0.268 e. The lowest BCUT2D eigenvalue weighted by molar-refractivity contribution is -0.122. The fourth-order valence-corrected chi connectivity index (χ4v) is 3.30. The zero-order valence-corrected chi connectivity index (χ0v) is 14.4. The molecule has 1 saturated heterocycles. The third-order valence-corrected chi connectivity index (χ3v) is 5.16. The molecule has 2 aromatic rings. The maximum atomic E-state index is 12.5. The van der Waals surface area contributed by atoms with Crippen molar-refractivity contribution in [2.24, 2.45) is 0 Å². The molecule has 1 aliphatic rings. The van der Waals surface area contributed by atoms with E-state index in [1.54, 1.807) is 17.0 Å². The summed E-state index contributed by atoms with van der Waals surface area (Å²) in [5.74, 6) is 0.414. The Hall–Kier alpha value is -2.34.